The van der Waals surface area contributed by atoms with Crippen LogP contribution in [-0.4, -0.2) is 26.9 Å². The Balaban J connectivity index is 2.19. The third-order valence-corrected chi connectivity index (χ3v) is 4.52. The number of nitrogens with one attached hydrogen (secondary N) is 1. The van der Waals surface area contributed by atoms with Crippen LogP contribution in [0.5, 0.6) is 0 Å². The molecule has 0 spiro atoms. The van der Waals surface area contributed by atoms with Gasteiger partial charge in [-0.2, -0.15) is 0 Å². The zero-order valence-electron chi connectivity index (χ0n) is 14.6. The summed E-state index contributed by atoms with van der Waals surface area (Å²) in [5.74, 6) is -1.90. The topological polar surface area (TPSA) is 101 Å². The molecule has 0 unspecified atom stereocenters. The molecular weight excluding hydrogens is 330 g/mol. The molecule has 3 aromatic rings. The van der Waals surface area contributed by atoms with E-state index in [1.165, 1.54) is 4.68 Å². The zero-order valence-corrected chi connectivity index (χ0v) is 14.6. The van der Waals surface area contributed by atoms with Gasteiger partial charge in [-0.1, -0.05) is 48.0 Å². The van der Waals surface area contributed by atoms with Crippen molar-refractivity contribution in [2.45, 2.75) is 25.8 Å². The number of carboxylic acid groups (broad SMARTS) is 1. The van der Waals surface area contributed by atoms with Crippen molar-refractivity contribution < 1.29 is 9.90 Å². The third kappa shape index (κ3) is 3.19. The Morgan fingerprint density at radius 3 is 2.27 bits per heavy atom. The van der Waals surface area contributed by atoms with Crippen LogP contribution in [0, 0.1) is 13.8 Å². The molecule has 0 amide bonds. The van der Waals surface area contributed by atoms with Gasteiger partial charge in [0.05, 0.1) is 5.69 Å². The number of para-hydroxylation sites is 1. The summed E-state index contributed by atoms with van der Waals surface area (Å²) in [4.78, 5) is 24.7. The van der Waals surface area contributed by atoms with Crippen LogP contribution in [-0.2, 0) is 4.79 Å². The number of aliphatic carboxylic acids is 1. The van der Waals surface area contributed by atoms with Crippen molar-refractivity contribution in [3.8, 4) is 5.69 Å². The second-order valence-corrected chi connectivity index (χ2v) is 6.38. The maximum atomic E-state index is 13.1. The van der Waals surface area contributed by atoms with Crippen LogP contribution in [0.1, 0.15) is 28.3 Å². The summed E-state index contributed by atoms with van der Waals surface area (Å²) < 4.78 is 1.42. The minimum atomic E-state index is -1.23. The van der Waals surface area contributed by atoms with Crippen LogP contribution < -0.4 is 11.3 Å². The van der Waals surface area contributed by atoms with E-state index in [1.54, 1.807) is 19.1 Å². The fourth-order valence-corrected chi connectivity index (χ4v) is 3.15. The number of carbonyl (C=O) groups is 1. The van der Waals surface area contributed by atoms with Gasteiger partial charge >= 0.3 is 5.97 Å². The number of aromatic nitrogens is 2. The number of benzene rings is 2. The largest absolute Gasteiger partial charge is 0.480 e. The molecule has 2 atom stereocenters. The fraction of sp³-hybridized carbons (Fsp3) is 0.200. The van der Waals surface area contributed by atoms with Gasteiger partial charge in [-0.15, -0.1) is 0 Å². The van der Waals surface area contributed by atoms with Gasteiger partial charge in [-0.3, -0.25) is 14.7 Å². The first-order valence-corrected chi connectivity index (χ1v) is 8.32. The fourth-order valence-electron chi connectivity index (χ4n) is 3.15. The first-order valence-electron chi connectivity index (χ1n) is 8.32. The Labute approximate surface area is 150 Å². The lowest BCUT2D eigenvalue weighted by Gasteiger charge is -2.20. The average Bonchev–Trinajstić information content (AvgIpc) is 2.92. The van der Waals surface area contributed by atoms with Crippen molar-refractivity contribution in [1.29, 1.82) is 0 Å². The van der Waals surface area contributed by atoms with Gasteiger partial charge in [0.15, 0.2) is 0 Å². The Morgan fingerprint density at radius 1 is 1.08 bits per heavy atom. The van der Waals surface area contributed by atoms with Crippen LogP contribution in [0.2, 0.25) is 0 Å². The molecule has 3 rings (SSSR count). The van der Waals surface area contributed by atoms with E-state index in [-0.39, 0.29) is 5.56 Å². The van der Waals surface area contributed by atoms with Crippen molar-refractivity contribution in [1.82, 2.24) is 9.78 Å². The van der Waals surface area contributed by atoms with E-state index in [0.717, 1.165) is 5.56 Å². The number of carboxylic acids is 1. The van der Waals surface area contributed by atoms with Crippen molar-refractivity contribution in [2.75, 3.05) is 0 Å². The number of rotatable bonds is 5. The second-order valence-electron chi connectivity index (χ2n) is 6.38. The standard InChI is InChI=1S/C20H21N3O3/c1-12-8-10-14(11-9-12)17(18(21)20(25)26)16-13(2)22-23(19(16)24)15-6-4-3-5-7-15/h3-11,17-18,22H,21H2,1-2H3,(H,25,26)/t17-,18+/m1/s1. The molecule has 134 valence electrons. The van der Waals surface area contributed by atoms with Gasteiger partial charge < -0.3 is 10.8 Å². The van der Waals surface area contributed by atoms with Gasteiger partial charge in [-0.05, 0) is 31.5 Å². The monoisotopic (exact) mass is 351 g/mol. The molecule has 4 N–H and O–H groups in total. The van der Waals surface area contributed by atoms with Crippen molar-refractivity contribution >= 4 is 5.97 Å². The highest BCUT2D eigenvalue weighted by Crippen LogP contribution is 2.28. The molecule has 26 heavy (non-hydrogen) atoms. The van der Waals surface area contributed by atoms with E-state index in [9.17, 15) is 14.7 Å². The van der Waals surface area contributed by atoms with E-state index in [1.807, 2.05) is 49.4 Å². The van der Waals surface area contributed by atoms with Gasteiger partial charge in [0.25, 0.3) is 5.56 Å². The van der Waals surface area contributed by atoms with Gasteiger partial charge in [-0.25, -0.2) is 4.68 Å². The smallest absolute Gasteiger partial charge is 0.321 e. The maximum Gasteiger partial charge on any atom is 0.321 e. The van der Waals surface area contributed by atoms with Crippen LogP contribution in [0.25, 0.3) is 5.69 Å². The third-order valence-electron chi connectivity index (χ3n) is 4.52. The molecule has 0 aliphatic carbocycles. The van der Waals surface area contributed by atoms with Gasteiger partial charge in [0, 0.05) is 17.2 Å². The van der Waals surface area contributed by atoms with Crippen molar-refractivity contribution in [3.63, 3.8) is 0 Å². The number of aryl methyl sites for hydroxylation is 2. The number of hydrogen-bond acceptors (Lipinski definition) is 3. The molecule has 0 aliphatic rings. The van der Waals surface area contributed by atoms with Crippen LogP contribution in [0.4, 0.5) is 0 Å². The molecule has 0 bridgehead atoms. The molecule has 0 saturated carbocycles. The normalized spacial score (nSPS) is 13.3. The Hall–Kier alpha value is -3.12. The van der Waals surface area contributed by atoms with Crippen LogP contribution >= 0.6 is 0 Å². The molecule has 6 heteroatoms. The summed E-state index contributed by atoms with van der Waals surface area (Å²) in [6.45, 7) is 3.70. The van der Waals surface area contributed by atoms with Crippen LogP contribution in [0.3, 0.4) is 0 Å². The highest BCUT2D eigenvalue weighted by molar-refractivity contribution is 5.75. The molecular formula is C20H21N3O3. The van der Waals surface area contributed by atoms with Crippen molar-refractivity contribution in [3.05, 3.63) is 87.3 Å². The number of hydrogen-bond donors (Lipinski definition) is 3. The van der Waals surface area contributed by atoms with E-state index in [4.69, 9.17) is 5.73 Å². The average molecular weight is 351 g/mol. The molecule has 2 aromatic carbocycles. The predicted octanol–water partition coefficient (Wildman–Crippen LogP) is 2.33. The highest BCUT2D eigenvalue weighted by Gasteiger charge is 2.32. The predicted molar refractivity (Wildman–Crippen MR) is 99.8 cm³/mol. The van der Waals surface area contributed by atoms with E-state index >= 15 is 0 Å². The lowest BCUT2D eigenvalue weighted by Crippen LogP contribution is -2.39. The molecule has 1 aromatic heterocycles. The Bertz CT molecular complexity index is 972. The van der Waals surface area contributed by atoms with E-state index in [0.29, 0.717) is 22.5 Å². The summed E-state index contributed by atoms with van der Waals surface area (Å²) in [5.41, 5.74) is 9.08. The minimum Gasteiger partial charge on any atom is -0.480 e. The summed E-state index contributed by atoms with van der Waals surface area (Å²) in [5, 5.41) is 12.5. The second kappa shape index (κ2) is 7.01. The summed E-state index contributed by atoms with van der Waals surface area (Å²) in [7, 11) is 0. The first kappa shape index (κ1) is 17.7. The SMILES string of the molecule is Cc1ccc([C@H](c2c(C)[nH]n(-c3ccccc3)c2=O)[C@H](N)C(=O)O)cc1. The number of H-pyrrole nitrogens is 1. The molecule has 0 saturated heterocycles. The quantitative estimate of drug-likeness (QED) is 0.656. The summed E-state index contributed by atoms with van der Waals surface area (Å²) in [6.07, 6.45) is 0. The molecule has 0 radical (unpaired) electrons. The van der Waals surface area contributed by atoms with Gasteiger partial charge in [0.2, 0.25) is 0 Å². The summed E-state index contributed by atoms with van der Waals surface area (Å²) in [6, 6.07) is 15.3. The Kier molecular flexibility index (Phi) is 4.77. The van der Waals surface area contributed by atoms with Crippen molar-refractivity contribution in [2.24, 2.45) is 5.73 Å². The van der Waals surface area contributed by atoms with Gasteiger partial charge in [0.1, 0.15) is 6.04 Å². The molecule has 0 aliphatic heterocycles. The zero-order chi connectivity index (χ0) is 18.8. The lowest BCUT2D eigenvalue weighted by atomic mass is 9.85. The lowest BCUT2D eigenvalue weighted by molar-refractivity contribution is -0.138. The summed E-state index contributed by atoms with van der Waals surface area (Å²) >= 11 is 0. The molecule has 0 fully saturated rings. The number of nitrogens with zero attached hydrogens (tertiary/aromatic N) is 1. The number of nitrogens with two attached hydrogens (primary N) is 1. The first-order chi connectivity index (χ1) is 12.4. The maximum absolute atomic E-state index is 13.1. The van der Waals surface area contributed by atoms with Crippen LogP contribution in [0.15, 0.2) is 59.4 Å². The highest BCUT2D eigenvalue weighted by atomic mass is 16.4. The van der Waals surface area contributed by atoms with E-state index < -0.39 is 17.9 Å². The molecule has 1 heterocycles. The minimum absolute atomic E-state index is 0.295. The molecule has 6 nitrogen and oxygen atoms in total. The number of aromatic amines is 1. The Morgan fingerprint density at radius 2 is 1.69 bits per heavy atom. The van der Waals surface area contributed by atoms with E-state index in [2.05, 4.69) is 5.10 Å².